The van der Waals surface area contributed by atoms with Crippen molar-refractivity contribution in [2.45, 2.75) is 18.2 Å². The van der Waals surface area contributed by atoms with Gasteiger partial charge in [-0.15, -0.1) is 10.2 Å². The lowest BCUT2D eigenvalue weighted by Crippen LogP contribution is -2.41. The molecule has 1 N–H and O–H groups in total. The Labute approximate surface area is 166 Å². The van der Waals surface area contributed by atoms with E-state index in [1.54, 1.807) is 6.26 Å². The number of thioether (sulfide) groups is 1. The normalized spacial score (nSPS) is 15.4. The Morgan fingerprint density at radius 2 is 2.11 bits per heavy atom. The summed E-state index contributed by atoms with van der Waals surface area (Å²) in [4.78, 5) is 12.2. The lowest BCUT2D eigenvalue weighted by Gasteiger charge is -2.26. The van der Waals surface area contributed by atoms with Crippen LogP contribution in [-0.2, 0) is 11.8 Å². The van der Waals surface area contributed by atoms with Gasteiger partial charge in [-0.25, -0.2) is 0 Å². The minimum atomic E-state index is -0.214. The summed E-state index contributed by atoms with van der Waals surface area (Å²) in [6, 6.07) is 9.35. The highest BCUT2D eigenvalue weighted by Gasteiger charge is 2.21. The number of rotatable bonds is 6. The summed E-state index contributed by atoms with van der Waals surface area (Å²) < 4.78 is 18.7. The van der Waals surface area contributed by atoms with E-state index in [1.807, 2.05) is 48.9 Å². The lowest BCUT2D eigenvalue weighted by atomic mass is 10.2. The van der Waals surface area contributed by atoms with Crippen LogP contribution in [0.2, 0.25) is 0 Å². The minimum Gasteiger partial charge on any atom is -0.486 e. The SMILES string of the molecule is Cc1occc1-c1nnc(SCC(=O)NC[C@@H]2COc3ccccc3O2)n1C. The predicted molar refractivity (Wildman–Crippen MR) is 104 cm³/mol. The molecule has 1 amide bonds. The molecule has 3 aromatic rings. The molecule has 28 heavy (non-hydrogen) atoms. The van der Waals surface area contributed by atoms with Gasteiger partial charge in [-0.1, -0.05) is 23.9 Å². The first-order valence-corrected chi connectivity index (χ1v) is 9.82. The van der Waals surface area contributed by atoms with E-state index in [0.717, 1.165) is 17.1 Å². The van der Waals surface area contributed by atoms with Gasteiger partial charge in [-0.05, 0) is 25.1 Å². The number of para-hydroxylation sites is 2. The van der Waals surface area contributed by atoms with Crippen molar-refractivity contribution in [2.75, 3.05) is 18.9 Å². The van der Waals surface area contributed by atoms with Crippen molar-refractivity contribution < 1.29 is 18.7 Å². The molecule has 0 bridgehead atoms. The number of carbonyl (C=O) groups excluding carboxylic acids is 1. The van der Waals surface area contributed by atoms with Crippen LogP contribution < -0.4 is 14.8 Å². The molecular weight excluding hydrogens is 380 g/mol. The number of aryl methyl sites for hydroxylation is 1. The Morgan fingerprint density at radius 3 is 2.89 bits per heavy atom. The number of carbonyl (C=O) groups is 1. The van der Waals surface area contributed by atoms with Gasteiger partial charge in [0.1, 0.15) is 18.5 Å². The zero-order valence-corrected chi connectivity index (χ0v) is 16.4. The van der Waals surface area contributed by atoms with Crippen LogP contribution in [0.5, 0.6) is 11.5 Å². The van der Waals surface area contributed by atoms with Gasteiger partial charge >= 0.3 is 0 Å². The van der Waals surface area contributed by atoms with Crippen LogP contribution in [-0.4, -0.2) is 45.7 Å². The smallest absolute Gasteiger partial charge is 0.230 e. The van der Waals surface area contributed by atoms with E-state index < -0.39 is 0 Å². The maximum atomic E-state index is 12.2. The molecule has 1 atom stereocenters. The highest BCUT2D eigenvalue weighted by atomic mass is 32.2. The molecule has 3 heterocycles. The summed E-state index contributed by atoms with van der Waals surface area (Å²) in [5, 5.41) is 11.9. The first-order valence-electron chi connectivity index (χ1n) is 8.83. The molecule has 4 rings (SSSR count). The number of ether oxygens (including phenoxy) is 2. The first kappa shape index (κ1) is 18.4. The van der Waals surface area contributed by atoms with Crippen LogP contribution in [0.15, 0.2) is 46.2 Å². The Morgan fingerprint density at radius 1 is 1.29 bits per heavy atom. The number of nitrogens with zero attached hydrogens (tertiary/aromatic N) is 3. The number of nitrogens with one attached hydrogen (secondary N) is 1. The van der Waals surface area contributed by atoms with Crippen LogP contribution in [0.3, 0.4) is 0 Å². The van der Waals surface area contributed by atoms with E-state index in [-0.39, 0.29) is 17.8 Å². The van der Waals surface area contributed by atoms with E-state index in [4.69, 9.17) is 13.9 Å². The van der Waals surface area contributed by atoms with Crippen LogP contribution in [0.4, 0.5) is 0 Å². The van der Waals surface area contributed by atoms with Crippen molar-refractivity contribution in [2.24, 2.45) is 7.05 Å². The zero-order chi connectivity index (χ0) is 19.5. The zero-order valence-electron chi connectivity index (χ0n) is 15.5. The predicted octanol–water partition coefficient (Wildman–Crippen LogP) is 2.43. The van der Waals surface area contributed by atoms with Gasteiger partial charge in [-0.3, -0.25) is 4.79 Å². The van der Waals surface area contributed by atoms with Crippen molar-refractivity contribution in [1.82, 2.24) is 20.1 Å². The monoisotopic (exact) mass is 400 g/mol. The second-order valence-electron chi connectivity index (χ2n) is 6.35. The van der Waals surface area contributed by atoms with Crippen molar-refractivity contribution in [3.8, 4) is 22.9 Å². The average molecular weight is 400 g/mol. The molecule has 1 aromatic carbocycles. The highest BCUT2D eigenvalue weighted by Crippen LogP contribution is 2.30. The Bertz CT molecular complexity index is 984. The van der Waals surface area contributed by atoms with Gasteiger partial charge < -0.3 is 23.8 Å². The summed E-state index contributed by atoms with van der Waals surface area (Å²) >= 11 is 1.33. The number of benzene rings is 1. The molecule has 8 nitrogen and oxygen atoms in total. The fourth-order valence-electron chi connectivity index (χ4n) is 2.86. The van der Waals surface area contributed by atoms with E-state index in [9.17, 15) is 4.79 Å². The van der Waals surface area contributed by atoms with Gasteiger partial charge in [0.2, 0.25) is 5.91 Å². The van der Waals surface area contributed by atoms with Gasteiger partial charge in [0.05, 0.1) is 24.1 Å². The molecule has 146 valence electrons. The third kappa shape index (κ3) is 3.84. The number of fused-ring (bicyclic) bond motifs is 1. The standard InChI is InChI=1S/C19H20N4O4S/c1-12-14(7-8-25-12)18-21-22-19(23(18)2)28-11-17(24)20-9-13-10-26-15-5-3-4-6-16(15)27-13/h3-8,13H,9-11H2,1-2H3,(H,20,24)/t13-/m1/s1. The molecule has 0 saturated carbocycles. The van der Waals surface area contributed by atoms with Gasteiger partial charge in [0.15, 0.2) is 22.5 Å². The fourth-order valence-corrected chi connectivity index (χ4v) is 3.61. The highest BCUT2D eigenvalue weighted by molar-refractivity contribution is 7.99. The molecule has 2 aromatic heterocycles. The van der Waals surface area contributed by atoms with Gasteiger partial charge in [0.25, 0.3) is 0 Å². The number of aromatic nitrogens is 3. The Kier molecular flexibility index (Phi) is 5.25. The van der Waals surface area contributed by atoms with Crippen molar-refractivity contribution in [1.29, 1.82) is 0 Å². The maximum absolute atomic E-state index is 12.2. The molecule has 1 aliphatic rings. The van der Waals surface area contributed by atoms with E-state index in [0.29, 0.717) is 29.9 Å². The summed E-state index contributed by atoms with van der Waals surface area (Å²) in [6.45, 7) is 2.66. The molecule has 0 fully saturated rings. The molecular formula is C19H20N4O4S. The quantitative estimate of drug-likeness (QED) is 0.636. The molecule has 0 unspecified atom stereocenters. The summed E-state index contributed by atoms with van der Waals surface area (Å²) in [5.74, 6) is 3.05. The van der Waals surface area contributed by atoms with Crippen molar-refractivity contribution >= 4 is 17.7 Å². The number of amides is 1. The third-order valence-corrected chi connectivity index (χ3v) is 5.38. The number of hydrogen-bond donors (Lipinski definition) is 1. The summed E-state index contributed by atoms with van der Waals surface area (Å²) in [6.07, 6.45) is 1.41. The minimum absolute atomic E-state index is 0.100. The van der Waals surface area contributed by atoms with Crippen LogP contribution in [0.1, 0.15) is 5.76 Å². The van der Waals surface area contributed by atoms with Crippen LogP contribution in [0, 0.1) is 6.92 Å². The molecule has 0 spiro atoms. The van der Waals surface area contributed by atoms with Crippen LogP contribution >= 0.6 is 11.8 Å². The maximum Gasteiger partial charge on any atom is 0.230 e. The van der Waals surface area contributed by atoms with Gasteiger partial charge in [0, 0.05) is 7.05 Å². The molecule has 0 radical (unpaired) electrons. The van der Waals surface area contributed by atoms with Crippen molar-refractivity contribution in [3.63, 3.8) is 0 Å². The second-order valence-corrected chi connectivity index (χ2v) is 7.29. The lowest BCUT2D eigenvalue weighted by molar-refractivity contribution is -0.119. The Balaban J connectivity index is 1.28. The Hall–Kier alpha value is -2.94. The van der Waals surface area contributed by atoms with E-state index in [2.05, 4.69) is 15.5 Å². The van der Waals surface area contributed by atoms with E-state index in [1.165, 1.54) is 11.8 Å². The fraction of sp³-hybridized carbons (Fsp3) is 0.316. The summed E-state index contributed by atoms with van der Waals surface area (Å²) in [7, 11) is 1.87. The molecule has 1 aliphatic heterocycles. The first-order chi connectivity index (χ1) is 13.6. The number of furan rings is 1. The second kappa shape index (κ2) is 7.97. The molecule has 0 saturated heterocycles. The molecule has 9 heteroatoms. The largest absolute Gasteiger partial charge is 0.486 e. The van der Waals surface area contributed by atoms with Crippen LogP contribution in [0.25, 0.3) is 11.4 Å². The topological polar surface area (TPSA) is 91.4 Å². The number of hydrogen-bond acceptors (Lipinski definition) is 7. The summed E-state index contributed by atoms with van der Waals surface area (Å²) in [5.41, 5.74) is 0.890. The van der Waals surface area contributed by atoms with E-state index >= 15 is 0 Å². The third-order valence-electron chi connectivity index (χ3n) is 4.36. The van der Waals surface area contributed by atoms with Crippen molar-refractivity contribution in [3.05, 3.63) is 42.4 Å². The van der Waals surface area contributed by atoms with Gasteiger partial charge in [-0.2, -0.15) is 0 Å². The molecule has 0 aliphatic carbocycles. The average Bonchev–Trinajstić information content (AvgIpc) is 3.29.